The summed E-state index contributed by atoms with van der Waals surface area (Å²) >= 11 is 0. The normalized spacial score (nSPS) is 24.1. The maximum absolute atomic E-state index is 7.05. The first kappa shape index (κ1) is 5.56. The molecule has 0 aromatic carbocycles. The first-order valence-electron chi connectivity index (χ1n) is 2.57. The third kappa shape index (κ3) is 0.591. The van der Waals surface area contributed by atoms with E-state index >= 15 is 0 Å². The molecule has 0 radical (unpaired) electrons. The van der Waals surface area contributed by atoms with E-state index in [0.717, 1.165) is 0 Å². The summed E-state index contributed by atoms with van der Waals surface area (Å²) in [6.07, 6.45) is 0. The second-order valence-electron chi connectivity index (χ2n) is 2.47. The van der Waals surface area contributed by atoms with Crippen LogP contribution in [0.25, 0.3) is 0 Å². The molecule has 1 rings (SSSR count). The molecule has 1 fully saturated rings. The summed E-state index contributed by atoms with van der Waals surface area (Å²) in [5.41, 5.74) is 5.10. The Kier molecular flexibility index (Phi) is 1.01. The number of nitrogens with two attached hydrogens (primary N) is 1. The molecule has 0 saturated carbocycles. The van der Waals surface area contributed by atoms with Crippen LogP contribution in [0.15, 0.2) is 0 Å². The summed E-state index contributed by atoms with van der Waals surface area (Å²) in [5, 5.41) is 7.05. The van der Waals surface area contributed by atoms with Gasteiger partial charge in [-0.1, -0.05) is 0 Å². The molecule has 3 heteroatoms. The second-order valence-corrected chi connectivity index (χ2v) is 2.47. The fourth-order valence-electron chi connectivity index (χ4n) is 0.564. The Balaban J connectivity index is 2.53. The minimum atomic E-state index is -0.139. The van der Waals surface area contributed by atoms with Crippen LogP contribution in [0.1, 0.15) is 6.92 Å². The lowest BCUT2D eigenvalue weighted by molar-refractivity contribution is -0.0594. The quantitative estimate of drug-likeness (QED) is 0.371. The van der Waals surface area contributed by atoms with E-state index in [9.17, 15) is 0 Å². The van der Waals surface area contributed by atoms with Gasteiger partial charge in [0.2, 0.25) is 0 Å². The van der Waals surface area contributed by atoms with Gasteiger partial charge >= 0.3 is 0 Å². The van der Waals surface area contributed by atoms with E-state index in [1.807, 2.05) is 6.92 Å². The van der Waals surface area contributed by atoms with Crippen LogP contribution in [0.3, 0.4) is 0 Å². The fraction of sp³-hybridized carbons (Fsp3) is 0.800. The fourth-order valence-corrected chi connectivity index (χ4v) is 0.564. The molecule has 3 N–H and O–H groups in total. The molecule has 0 spiro atoms. The highest BCUT2D eigenvalue weighted by Gasteiger charge is 2.36. The largest absolute Gasteiger partial charge is 0.387 e. The molecule has 0 amide bonds. The number of nitrogens with one attached hydrogen (secondary N) is 1. The summed E-state index contributed by atoms with van der Waals surface area (Å²) < 4.78 is 4.88. The average molecular weight is 114 g/mol. The van der Waals surface area contributed by atoms with Crippen molar-refractivity contribution in [2.45, 2.75) is 6.92 Å². The second kappa shape index (κ2) is 1.45. The van der Waals surface area contributed by atoms with Crippen molar-refractivity contribution >= 4 is 5.84 Å². The van der Waals surface area contributed by atoms with Crippen LogP contribution in [0, 0.1) is 10.8 Å². The number of hydrogen-bond donors (Lipinski definition) is 2. The monoisotopic (exact) mass is 114 g/mol. The Labute approximate surface area is 48.3 Å². The molecule has 0 bridgehead atoms. The van der Waals surface area contributed by atoms with Crippen molar-refractivity contribution in [3.8, 4) is 0 Å². The van der Waals surface area contributed by atoms with Gasteiger partial charge in [-0.3, -0.25) is 5.41 Å². The lowest BCUT2D eigenvalue weighted by atomic mass is 9.88. The Hall–Kier alpha value is -0.570. The zero-order valence-corrected chi connectivity index (χ0v) is 4.90. The van der Waals surface area contributed by atoms with Gasteiger partial charge < -0.3 is 10.5 Å². The zero-order valence-electron chi connectivity index (χ0n) is 4.90. The summed E-state index contributed by atoms with van der Waals surface area (Å²) in [6.45, 7) is 3.16. The summed E-state index contributed by atoms with van der Waals surface area (Å²) in [4.78, 5) is 0. The smallest absolute Gasteiger partial charge is 0.101 e. The Morgan fingerprint density at radius 1 is 1.75 bits per heavy atom. The van der Waals surface area contributed by atoms with Crippen LogP contribution in [-0.2, 0) is 4.74 Å². The molecule has 8 heavy (non-hydrogen) atoms. The Morgan fingerprint density at radius 3 is 2.25 bits per heavy atom. The van der Waals surface area contributed by atoms with Gasteiger partial charge in [-0.2, -0.15) is 0 Å². The summed E-state index contributed by atoms with van der Waals surface area (Å²) in [5.74, 6) is 0.240. The van der Waals surface area contributed by atoms with Crippen molar-refractivity contribution in [2.75, 3.05) is 13.2 Å². The SMILES string of the molecule is CC1(C(=N)N)COC1. The van der Waals surface area contributed by atoms with Gasteiger partial charge in [0.05, 0.1) is 18.6 Å². The van der Waals surface area contributed by atoms with Crippen LogP contribution in [0.4, 0.5) is 0 Å². The number of ether oxygens (including phenoxy) is 1. The molecule has 0 aromatic heterocycles. The van der Waals surface area contributed by atoms with E-state index in [4.69, 9.17) is 15.9 Å². The molecule has 0 aromatic rings. The molecule has 1 aliphatic rings. The first-order valence-corrected chi connectivity index (χ1v) is 2.57. The van der Waals surface area contributed by atoms with Crippen molar-refractivity contribution < 1.29 is 4.74 Å². The van der Waals surface area contributed by atoms with Gasteiger partial charge in [-0.15, -0.1) is 0 Å². The van der Waals surface area contributed by atoms with Gasteiger partial charge in [-0.25, -0.2) is 0 Å². The molecule has 1 saturated heterocycles. The van der Waals surface area contributed by atoms with E-state index in [-0.39, 0.29) is 11.3 Å². The minimum Gasteiger partial charge on any atom is -0.387 e. The van der Waals surface area contributed by atoms with Crippen molar-refractivity contribution in [2.24, 2.45) is 11.1 Å². The minimum absolute atomic E-state index is 0.139. The molecule has 0 unspecified atom stereocenters. The zero-order chi connectivity index (χ0) is 6.20. The summed E-state index contributed by atoms with van der Waals surface area (Å²) in [6, 6.07) is 0. The maximum atomic E-state index is 7.05. The van der Waals surface area contributed by atoms with E-state index in [1.165, 1.54) is 0 Å². The molecule has 1 heterocycles. The van der Waals surface area contributed by atoms with Crippen molar-refractivity contribution in [3.63, 3.8) is 0 Å². The molecule has 0 aliphatic carbocycles. The van der Waals surface area contributed by atoms with E-state index in [1.54, 1.807) is 0 Å². The van der Waals surface area contributed by atoms with Crippen LogP contribution in [0.2, 0.25) is 0 Å². The van der Waals surface area contributed by atoms with Crippen molar-refractivity contribution in [1.29, 1.82) is 5.41 Å². The Bertz CT molecular complexity index is 118. The molecular formula is C5H10N2O. The van der Waals surface area contributed by atoms with Crippen LogP contribution >= 0.6 is 0 Å². The van der Waals surface area contributed by atoms with Gasteiger partial charge in [0.15, 0.2) is 0 Å². The van der Waals surface area contributed by atoms with Crippen LogP contribution < -0.4 is 5.73 Å². The van der Waals surface area contributed by atoms with E-state index < -0.39 is 0 Å². The standard InChI is InChI=1S/C5H10N2O/c1-5(4(6)7)2-8-3-5/h2-3H2,1H3,(H3,6,7). The van der Waals surface area contributed by atoms with Crippen molar-refractivity contribution in [3.05, 3.63) is 0 Å². The third-order valence-corrected chi connectivity index (χ3v) is 1.49. The first-order chi connectivity index (χ1) is 3.65. The van der Waals surface area contributed by atoms with Gasteiger partial charge in [0, 0.05) is 0 Å². The molecule has 46 valence electrons. The van der Waals surface area contributed by atoms with Crippen molar-refractivity contribution in [1.82, 2.24) is 0 Å². The topological polar surface area (TPSA) is 59.1 Å². The van der Waals surface area contributed by atoms with Gasteiger partial charge in [-0.05, 0) is 6.92 Å². The van der Waals surface area contributed by atoms with Crippen LogP contribution in [0.5, 0.6) is 0 Å². The van der Waals surface area contributed by atoms with E-state index in [0.29, 0.717) is 13.2 Å². The van der Waals surface area contributed by atoms with E-state index in [2.05, 4.69) is 0 Å². The maximum Gasteiger partial charge on any atom is 0.101 e. The Morgan fingerprint density at radius 2 is 2.25 bits per heavy atom. The molecule has 0 atom stereocenters. The number of amidine groups is 1. The third-order valence-electron chi connectivity index (χ3n) is 1.49. The highest BCUT2D eigenvalue weighted by molar-refractivity contribution is 5.84. The average Bonchev–Trinajstić information content (AvgIpc) is 1.60. The van der Waals surface area contributed by atoms with Gasteiger partial charge in [0.25, 0.3) is 0 Å². The van der Waals surface area contributed by atoms with Crippen LogP contribution in [-0.4, -0.2) is 19.0 Å². The lowest BCUT2D eigenvalue weighted by Crippen LogP contribution is -2.49. The summed E-state index contributed by atoms with van der Waals surface area (Å²) in [7, 11) is 0. The molecule has 3 nitrogen and oxygen atoms in total. The lowest BCUT2D eigenvalue weighted by Gasteiger charge is -2.36. The van der Waals surface area contributed by atoms with Gasteiger partial charge in [0.1, 0.15) is 5.84 Å². The molecular weight excluding hydrogens is 104 g/mol. The number of rotatable bonds is 1. The predicted octanol–water partition coefficient (Wildman–Crippen LogP) is -0.0411. The highest BCUT2D eigenvalue weighted by Crippen LogP contribution is 2.25. The molecule has 1 aliphatic heterocycles. The highest BCUT2D eigenvalue weighted by atomic mass is 16.5. The number of hydrogen-bond acceptors (Lipinski definition) is 2. The predicted molar refractivity (Wildman–Crippen MR) is 30.8 cm³/mol.